The molecule has 0 unspecified atom stereocenters. The highest BCUT2D eigenvalue weighted by molar-refractivity contribution is 6.49. The van der Waals surface area contributed by atoms with Gasteiger partial charge in [0.2, 0.25) is 5.91 Å². The molecule has 130 valence electrons. The molecule has 0 aromatic heterocycles. The Morgan fingerprint density at radius 2 is 1.65 bits per heavy atom. The van der Waals surface area contributed by atoms with Crippen molar-refractivity contribution in [1.82, 2.24) is 0 Å². The van der Waals surface area contributed by atoms with E-state index in [9.17, 15) is 14.4 Å². The number of amides is 2. The largest absolute Gasteiger partial charge is 0.293 e. The van der Waals surface area contributed by atoms with Crippen LogP contribution in [0.4, 0.5) is 11.4 Å². The smallest absolute Gasteiger partial charge is 0.259 e. The van der Waals surface area contributed by atoms with Crippen LogP contribution in [0.3, 0.4) is 0 Å². The van der Waals surface area contributed by atoms with Crippen molar-refractivity contribution in [3.63, 3.8) is 0 Å². The number of hydrogen-bond acceptors (Lipinski definition) is 5. The number of nitrogens with zero attached hydrogens (tertiary/aromatic N) is 3. The maximum atomic E-state index is 13.1. The Kier molecular flexibility index (Phi) is 3.85. The summed E-state index contributed by atoms with van der Waals surface area (Å²) in [6.07, 6.45) is 0. The number of halogens is 1. The van der Waals surface area contributed by atoms with Crippen molar-refractivity contribution >= 4 is 46.3 Å². The van der Waals surface area contributed by atoms with E-state index in [0.717, 1.165) is 4.90 Å². The van der Waals surface area contributed by atoms with Crippen molar-refractivity contribution < 1.29 is 14.4 Å². The quantitative estimate of drug-likeness (QED) is 0.782. The van der Waals surface area contributed by atoms with Crippen LogP contribution in [0.5, 0.6) is 0 Å². The lowest BCUT2D eigenvalue weighted by molar-refractivity contribution is -0.122. The molecule has 26 heavy (non-hydrogen) atoms. The van der Waals surface area contributed by atoms with Gasteiger partial charge in [-0.3, -0.25) is 19.4 Å². The van der Waals surface area contributed by atoms with Crippen molar-refractivity contribution in [2.75, 3.05) is 9.91 Å². The minimum atomic E-state index is -0.934. The summed E-state index contributed by atoms with van der Waals surface area (Å²) in [4.78, 5) is 39.3. The van der Waals surface area contributed by atoms with Crippen LogP contribution < -0.4 is 9.91 Å². The summed E-state index contributed by atoms with van der Waals surface area (Å²) in [6, 6.07) is 14.7. The Balaban J connectivity index is 1.83. The first-order valence-electron chi connectivity index (χ1n) is 8.06. The summed E-state index contributed by atoms with van der Waals surface area (Å²) in [5, 5.41) is 6.04. The van der Waals surface area contributed by atoms with Gasteiger partial charge in [0.25, 0.3) is 5.91 Å². The van der Waals surface area contributed by atoms with Crippen LogP contribution in [0, 0.1) is 5.92 Å². The van der Waals surface area contributed by atoms with Crippen LogP contribution in [-0.2, 0) is 14.4 Å². The molecule has 2 amide bonds. The zero-order valence-electron chi connectivity index (χ0n) is 13.8. The molecule has 2 aliphatic heterocycles. The summed E-state index contributed by atoms with van der Waals surface area (Å²) < 4.78 is 0. The first-order chi connectivity index (χ1) is 12.5. The van der Waals surface area contributed by atoms with E-state index in [1.54, 1.807) is 48.5 Å². The number of carbonyl (C=O) groups is 3. The number of Topliss-reactive ketones (excluding diaryl/α,β-unsaturated/α-hetero) is 1. The molecule has 1 saturated heterocycles. The van der Waals surface area contributed by atoms with Gasteiger partial charge >= 0.3 is 0 Å². The Bertz CT molecular complexity index is 958. The molecule has 2 aromatic rings. The van der Waals surface area contributed by atoms with Crippen molar-refractivity contribution in [3.05, 3.63) is 59.6 Å². The zero-order valence-corrected chi connectivity index (χ0v) is 14.6. The first kappa shape index (κ1) is 16.5. The van der Waals surface area contributed by atoms with Gasteiger partial charge in [-0.1, -0.05) is 41.9 Å². The Labute approximate surface area is 154 Å². The summed E-state index contributed by atoms with van der Waals surface area (Å²) in [6.45, 7) is 1.35. The number of anilines is 2. The molecule has 0 N–H and O–H groups in total. The van der Waals surface area contributed by atoms with Crippen molar-refractivity contribution in [1.29, 1.82) is 0 Å². The van der Waals surface area contributed by atoms with Crippen LogP contribution in [0.2, 0.25) is 5.02 Å². The predicted octanol–water partition coefficient (Wildman–Crippen LogP) is 2.66. The summed E-state index contributed by atoms with van der Waals surface area (Å²) in [7, 11) is 0. The van der Waals surface area contributed by atoms with Gasteiger partial charge in [-0.25, -0.2) is 4.90 Å². The third-order valence-electron chi connectivity index (χ3n) is 4.52. The molecule has 0 bridgehead atoms. The highest BCUT2D eigenvalue weighted by Crippen LogP contribution is 2.39. The summed E-state index contributed by atoms with van der Waals surface area (Å²) >= 11 is 6.19. The molecule has 0 saturated carbocycles. The van der Waals surface area contributed by atoms with Crippen LogP contribution in [0.15, 0.2) is 59.7 Å². The van der Waals surface area contributed by atoms with Crippen molar-refractivity contribution in [2.24, 2.45) is 11.0 Å². The standard InChI is InChI=1S/C19H14ClN3O3/c1-11(24)16-15-17(23(21-16)12-7-3-2-4-8-12)19(26)22(18(15)25)14-10-6-5-9-13(14)20/h2-10,15,17H,1H3/t15-,17+/m0/s1. The van der Waals surface area contributed by atoms with Gasteiger partial charge in [-0.2, -0.15) is 5.10 Å². The molecule has 6 nitrogen and oxygen atoms in total. The minimum absolute atomic E-state index is 0.0896. The fraction of sp³-hybridized carbons (Fsp3) is 0.158. The van der Waals surface area contributed by atoms with E-state index >= 15 is 0 Å². The molecule has 7 heteroatoms. The lowest BCUT2D eigenvalue weighted by atomic mass is 9.95. The topological polar surface area (TPSA) is 70.1 Å². The number of imide groups is 1. The Morgan fingerprint density at radius 3 is 2.31 bits per heavy atom. The van der Waals surface area contributed by atoms with Crippen LogP contribution in [-0.4, -0.2) is 29.4 Å². The lowest BCUT2D eigenvalue weighted by Crippen LogP contribution is -2.39. The number of para-hydroxylation sites is 2. The normalized spacial score (nSPS) is 21.8. The van der Waals surface area contributed by atoms with E-state index in [1.165, 1.54) is 11.9 Å². The predicted molar refractivity (Wildman–Crippen MR) is 98.3 cm³/mol. The van der Waals surface area contributed by atoms with Crippen LogP contribution in [0.25, 0.3) is 0 Å². The highest BCUT2D eigenvalue weighted by atomic mass is 35.5. The third-order valence-corrected chi connectivity index (χ3v) is 4.84. The van der Waals surface area contributed by atoms with E-state index < -0.39 is 23.8 Å². The fourth-order valence-corrected chi connectivity index (χ4v) is 3.59. The van der Waals surface area contributed by atoms with Crippen LogP contribution in [0.1, 0.15) is 6.92 Å². The second kappa shape index (κ2) is 6.07. The third kappa shape index (κ3) is 2.34. The number of hydrogen-bond donors (Lipinski definition) is 0. The van der Waals surface area contributed by atoms with Crippen LogP contribution >= 0.6 is 11.6 Å². The van der Waals surface area contributed by atoms with Crippen molar-refractivity contribution in [2.45, 2.75) is 13.0 Å². The lowest BCUT2D eigenvalue weighted by Gasteiger charge is -2.22. The molecule has 2 aromatic carbocycles. The number of ketones is 1. The average molecular weight is 368 g/mol. The molecule has 0 aliphatic carbocycles. The van der Waals surface area contributed by atoms with Crippen molar-refractivity contribution in [3.8, 4) is 0 Å². The summed E-state index contributed by atoms with van der Waals surface area (Å²) in [5.41, 5.74) is 1.04. The highest BCUT2D eigenvalue weighted by Gasteiger charge is 2.58. The monoisotopic (exact) mass is 367 g/mol. The van der Waals surface area contributed by atoms with E-state index in [-0.39, 0.29) is 11.5 Å². The van der Waals surface area contributed by atoms with Gasteiger partial charge < -0.3 is 0 Å². The second-order valence-electron chi connectivity index (χ2n) is 6.11. The summed E-state index contributed by atoms with van der Waals surface area (Å²) in [5.74, 6) is -2.20. The molecule has 1 fully saturated rings. The number of hydrazone groups is 1. The van der Waals surface area contributed by atoms with Gasteiger partial charge in [0, 0.05) is 6.92 Å². The van der Waals surface area contributed by atoms with Gasteiger partial charge in [0.05, 0.1) is 16.4 Å². The van der Waals surface area contributed by atoms with Gasteiger partial charge in [-0.05, 0) is 24.3 Å². The van der Waals surface area contributed by atoms with Gasteiger partial charge in [0.15, 0.2) is 5.78 Å². The Morgan fingerprint density at radius 1 is 1.00 bits per heavy atom. The maximum Gasteiger partial charge on any atom is 0.259 e. The zero-order chi connectivity index (χ0) is 18.4. The Hall–Kier alpha value is -2.99. The molecule has 0 radical (unpaired) electrons. The average Bonchev–Trinajstić information content (AvgIpc) is 3.15. The number of fused-ring (bicyclic) bond motifs is 1. The molecular weight excluding hydrogens is 354 g/mol. The van der Waals surface area contributed by atoms with E-state index in [0.29, 0.717) is 16.4 Å². The molecule has 4 rings (SSSR count). The first-order valence-corrected chi connectivity index (χ1v) is 8.44. The molecule has 2 heterocycles. The number of benzene rings is 2. The van der Waals surface area contributed by atoms with Gasteiger partial charge in [-0.15, -0.1) is 0 Å². The molecule has 2 atom stereocenters. The van der Waals surface area contributed by atoms with Gasteiger partial charge in [0.1, 0.15) is 17.7 Å². The molecule has 2 aliphatic rings. The fourth-order valence-electron chi connectivity index (χ4n) is 3.37. The van der Waals surface area contributed by atoms with E-state index in [4.69, 9.17) is 11.6 Å². The molecular formula is C19H14ClN3O3. The molecule has 0 spiro atoms. The maximum absolute atomic E-state index is 13.1. The number of carbonyl (C=O) groups excluding carboxylic acids is 3. The second-order valence-corrected chi connectivity index (χ2v) is 6.51. The van der Waals surface area contributed by atoms with E-state index in [1.807, 2.05) is 6.07 Å². The van der Waals surface area contributed by atoms with E-state index in [2.05, 4.69) is 5.10 Å². The number of rotatable bonds is 3. The SMILES string of the molecule is CC(=O)C1=NN(c2ccccc2)[C@H]2C(=O)N(c3ccccc3Cl)C(=O)[C@@H]12. The minimum Gasteiger partial charge on any atom is -0.293 e.